The predicted molar refractivity (Wildman–Crippen MR) is 120 cm³/mol. The lowest BCUT2D eigenvalue weighted by molar-refractivity contribution is -0.132. The summed E-state index contributed by atoms with van der Waals surface area (Å²) < 4.78 is 13.2. The smallest absolute Gasteiger partial charge is 0.319 e. The number of piperidine rings is 1. The molecule has 2 aromatic carbocycles. The Kier molecular flexibility index (Phi) is 8.39. The van der Waals surface area contributed by atoms with Crippen LogP contribution in [0.1, 0.15) is 19.3 Å². The number of anilines is 1. The van der Waals surface area contributed by atoms with Crippen LogP contribution >= 0.6 is 23.4 Å². The average molecular weight is 450 g/mol. The van der Waals surface area contributed by atoms with E-state index in [-0.39, 0.29) is 17.9 Å². The summed E-state index contributed by atoms with van der Waals surface area (Å²) in [6.45, 7) is 1.88. The second-order valence-electron chi connectivity index (χ2n) is 7.25. The standard InChI is InChI=1S/C22H25ClFN3O2S/c23-17-6-8-20(9-7-17)30-12-10-21(28)27-11-2-3-16(15-27)14-25-22(29)26-19-5-1-4-18(24)13-19/h1,4-9,13,16H,2-3,10-12,14-15H2,(H2,25,26,29). The van der Waals surface area contributed by atoms with E-state index < -0.39 is 5.82 Å². The van der Waals surface area contributed by atoms with Crippen LogP contribution in [0.4, 0.5) is 14.9 Å². The van der Waals surface area contributed by atoms with Gasteiger partial charge in [-0.3, -0.25) is 4.79 Å². The SMILES string of the molecule is O=C(NCC1CCCN(C(=O)CCSc2ccc(Cl)cc2)C1)Nc1cccc(F)c1. The van der Waals surface area contributed by atoms with Crippen molar-refractivity contribution < 1.29 is 14.0 Å². The number of halogens is 2. The number of likely N-dealkylation sites (tertiary alicyclic amines) is 1. The van der Waals surface area contributed by atoms with Crippen molar-refractivity contribution >= 4 is 41.0 Å². The third-order valence-corrected chi connectivity index (χ3v) is 6.17. The number of carbonyl (C=O) groups excluding carboxylic acids is 2. The summed E-state index contributed by atoms with van der Waals surface area (Å²) in [5.41, 5.74) is 0.408. The van der Waals surface area contributed by atoms with Crippen molar-refractivity contribution in [2.45, 2.75) is 24.2 Å². The van der Waals surface area contributed by atoms with E-state index in [1.165, 1.54) is 12.1 Å². The van der Waals surface area contributed by atoms with Crippen LogP contribution in [0.25, 0.3) is 0 Å². The molecule has 2 aromatic rings. The molecule has 0 bridgehead atoms. The highest BCUT2D eigenvalue weighted by molar-refractivity contribution is 7.99. The van der Waals surface area contributed by atoms with Gasteiger partial charge >= 0.3 is 6.03 Å². The van der Waals surface area contributed by atoms with E-state index in [2.05, 4.69) is 10.6 Å². The molecule has 3 rings (SSSR count). The molecule has 1 atom stereocenters. The van der Waals surface area contributed by atoms with Crippen molar-refractivity contribution in [3.8, 4) is 0 Å². The van der Waals surface area contributed by atoms with Gasteiger partial charge in [-0.25, -0.2) is 9.18 Å². The van der Waals surface area contributed by atoms with E-state index in [1.54, 1.807) is 23.9 Å². The fourth-order valence-electron chi connectivity index (χ4n) is 3.38. The zero-order chi connectivity index (χ0) is 21.3. The lowest BCUT2D eigenvalue weighted by Gasteiger charge is -2.33. The van der Waals surface area contributed by atoms with E-state index in [9.17, 15) is 14.0 Å². The summed E-state index contributed by atoms with van der Waals surface area (Å²) in [7, 11) is 0. The molecule has 8 heteroatoms. The molecule has 0 aromatic heterocycles. The minimum atomic E-state index is -0.400. The first-order valence-corrected chi connectivity index (χ1v) is 11.3. The van der Waals surface area contributed by atoms with E-state index >= 15 is 0 Å². The fourth-order valence-corrected chi connectivity index (χ4v) is 4.35. The van der Waals surface area contributed by atoms with Gasteiger partial charge in [0, 0.05) is 47.4 Å². The molecule has 1 saturated heterocycles. The summed E-state index contributed by atoms with van der Waals surface area (Å²) in [5.74, 6) is 0.675. The van der Waals surface area contributed by atoms with Gasteiger partial charge < -0.3 is 15.5 Å². The van der Waals surface area contributed by atoms with Crippen molar-refractivity contribution in [1.29, 1.82) is 0 Å². The van der Waals surface area contributed by atoms with Crippen LogP contribution in [-0.4, -0.2) is 42.2 Å². The number of nitrogens with zero attached hydrogens (tertiary/aromatic N) is 1. The number of amides is 3. The molecule has 3 amide bonds. The fraction of sp³-hybridized carbons (Fsp3) is 0.364. The maximum absolute atomic E-state index is 13.2. The number of urea groups is 1. The quantitative estimate of drug-likeness (QED) is 0.583. The molecule has 0 aliphatic carbocycles. The maximum atomic E-state index is 13.2. The van der Waals surface area contributed by atoms with Gasteiger partial charge in [-0.1, -0.05) is 17.7 Å². The topological polar surface area (TPSA) is 61.4 Å². The number of nitrogens with one attached hydrogen (secondary N) is 2. The molecule has 2 N–H and O–H groups in total. The molecular weight excluding hydrogens is 425 g/mol. The number of hydrogen-bond acceptors (Lipinski definition) is 3. The molecule has 0 radical (unpaired) electrons. The Labute approximate surface area is 185 Å². The van der Waals surface area contributed by atoms with Crippen molar-refractivity contribution in [3.05, 3.63) is 59.4 Å². The first kappa shape index (κ1) is 22.4. The van der Waals surface area contributed by atoms with Crippen LogP contribution in [0.3, 0.4) is 0 Å². The second-order valence-corrected chi connectivity index (χ2v) is 8.85. The molecule has 1 unspecified atom stereocenters. The van der Waals surface area contributed by atoms with Crippen molar-refractivity contribution in [2.24, 2.45) is 5.92 Å². The van der Waals surface area contributed by atoms with E-state index in [0.717, 1.165) is 30.0 Å². The van der Waals surface area contributed by atoms with Gasteiger partial charge in [0.25, 0.3) is 0 Å². The molecule has 160 valence electrons. The van der Waals surface area contributed by atoms with Gasteiger partial charge in [-0.15, -0.1) is 11.8 Å². The lowest BCUT2D eigenvalue weighted by atomic mass is 9.98. The lowest BCUT2D eigenvalue weighted by Crippen LogP contribution is -2.44. The molecule has 1 heterocycles. The summed E-state index contributed by atoms with van der Waals surface area (Å²) >= 11 is 7.53. The molecule has 1 fully saturated rings. The molecule has 1 aliphatic heterocycles. The minimum absolute atomic E-state index is 0.144. The van der Waals surface area contributed by atoms with Crippen LogP contribution in [0.2, 0.25) is 5.02 Å². The third-order valence-electron chi connectivity index (χ3n) is 4.90. The van der Waals surface area contributed by atoms with Gasteiger partial charge in [-0.2, -0.15) is 0 Å². The highest BCUT2D eigenvalue weighted by Gasteiger charge is 2.23. The Morgan fingerprint density at radius 2 is 2.00 bits per heavy atom. The molecule has 0 saturated carbocycles. The first-order chi connectivity index (χ1) is 14.5. The molecular formula is C22H25ClFN3O2S. The summed E-state index contributed by atoms with van der Waals surface area (Å²) in [4.78, 5) is 27.6. The molecule has 30 heavy (non-hydrogen) atoms. The van der Waals surface area contributed by atoms with Crippen LogP contribution in [0.15, 0.2) is 53.4 Å². The number of carbonyl (C=O) groups is 2. The molecule has 5 nitrogen and oxygen atoms in total. The normalized spacial score (nSPS) is 16.2. The largest absolute Gasteiger partial charge is 0.342 e. The minimum Gasteiger partial charge on any atom is -0.342 e. The Hall–Kier alpha value is -2.25. The highest BCUT2D eigenvalue weighted by atomic mass is 35.5. The van der Waals surface area contributed by atoms with Gasteiger partial charge in [0.1, 0.15) is 5.82 Å². The molecule has 0 spiro atoms. The van der Waals surface area contributed by atoms with Gasteiger partial charge in [0.05, 0.1) is 0 Å². The Bertz CT molecular complexity index is 866. The number of hydrogen-bond donors (Lipinski definition) is 2. The number of thioether (sulfide) groups is 1. The van der Waals surface area contributed by atoms with Crippen LogP contribution < -0.4 is 10.6 Å². The Morgan fingerprint density at radius 3 is 2.77 bits per heavy atom. The maximum Gasteiger partial charge on any atom is 0.319 e. The number of benzene rings is 2. The van der Waals surface area contributed by atoms with E-state index in [0.29, 0.717) is 30.2 Å². The summed E-state index contributed by atoms with van der Waals surface area (Å²) in [5, 5.41) is 6.15. The van der Waals surface area contributed by atoms with Gasteiger partial charge in [0.2, 0.25) is 5.91 Å². The summed E-state index contributed by atoms with van der Waals surface area (Å²) in [6.07, 6.45) is 2.37. The molecule has 1 aliphatic rings. The van der Waals surface area contributed by atoms with Crippen molar-refractivity contribution in [1.82, 2.24) is 10.2 Å². The summed E-state index contributed by atoms with van der Waals surface area (Å²) in [6, 6.07) is 13.0. The second kappa shape index (κ2) is 11.2. The number of rotatable bonds is 7. The third kappa shape index (κ3) is 7.22. The van der Waals surface area contributed by atoms with Crippen LogP contribution in [0.5, 0.6) is 0 Å². The van der Waals surface area contributed by atoms with Crippen LogP contribution in [-0.2, 0) is 4.79 Å². The van der Waals surface area contributed by atoms with Crippen LogP contribution in [0, 0.1) is 11.7 Å². The predicted octanol–water partition coefficient (Wildman–Crippen LogP) is 5.02. The van der Waals surface area contributed by atoms with E-state index in [4.69, 9.17) is 11.6 Å². The Balaban J connectivity index is 1.38. The van der Waals surface area contributed by atoms with Crippen molar-refractivity contribution in [2.75, 3.05) is 30.7 Å². The van der Waals surface area contributed by atoms with Crippen molar-refractivity contribution in [3.63, 3.8) is 0 Å². The van der Waals surface area contributed by atoms with Gasteiger partial charge in [0.15, 0.2) is 0 Å². The average Bonchev–Trinajstić information content (AvgIpc) is 2.74. The monoisotopic (exact) mass is 449 g/mol. The zero-order valence-corrected chi connectivity index (χ0v) is 18.1. The first-order valence-electron chi connectivity index (χ1n) is 9.96. The Morgan fingerprint density at radius 1 is 1.20 bits per heavy atom. The van der Waals surface area contributed by atoms with E-state index in [1.807, 2.05) is 29.2 Å². The zero-order valence-electron chi connectivity index (χ0n) is 16.6. The highest BCUT2D eigenvalue weighted by Crippen LogP contribution is 2.22. The van der Waals surface area contributed by atoms with Gasteiger partial charge in [-0.05, 0) is 61.2 Å².